The Kier molecular flexibility index (Phi) is 7.09. The van der Waals surface area contributed by atoms with Crippen LogP contribution in [0.2, 0.25) is 0 Å². The number of ketones is 1. The zero-order chi connectivity index (χ0) is 26.2. The largest absolute Gasteiger partial charge is 0.451 e. The lowest BCUT2D eigenvalue weighted by molar-refractivity contribution is -0.145. The third kappa shape index (κ3) is 5.57. The monoisotopic (exact) mass is 517 g/mol. The third-order valence-electron chi connectivity index (χ3n) is 7.06. The Morgan fingerprint density at radius 3 is 2.43 bits per heavy atom. The molecule has 5 rings (SSSR count). The summed E-state index contributed by atoms with van der Waals surface area (Å²) < 4.78 is 52.6. The fraction of sp³-hybridized carbons (Fsp3) is 0.462. The van der Waals surface area contributed by atoms with Crippen LogP contribution in [-0.4, -0.2) is 69.2 Å². The predicted molar refractivity (Wildman–Crippen MR) is 129 cm³/mol. The van der Waals surface area contributed by atoms with Gasteiger partial charge in [0.1, 0.15) is 12.0 Å². The maximum atomic E-state index is 13.8. The molecule has 0 radical (unpaired) electrons. The summed E-state index contributed by atoms with van der Waals surface area (Å²) in [5.41, 5.74) is 1.66. The molecule has 2 fully saturated rings. The third-order valence-corrected chi connectivity index (χ3v) is 7.06. The number of hydrogen-bond acceptors (Lipinski definition) is 7. The second kappa shape index (κ2) is 10.3. The molecular formula is C26H27F4N5O2. The average Bonchev–Trinajstić information content (AvgIpc) is 2.87. The van der Waals surface area contributed by atoms with Crippen LogP contribution in [-0.2, 0) is 6.18 Å². The topological polar surface area (TPSA) is 82.5 Å². The maximum Gasteiger partial charge on any atom is 0.451 e. The number of rotatable bonds is 7. The molecule has 0 spiro atoms. The maximum absolute atomic E-state index is 13.8. The number of hydrogen-bond donors (Lipinski definition) is 1. The quantitative estimate of drug-likeness (QED) is 0.368. The summed E-state index contributed by atoms with van der Waals surface area (Å²) in [7, 11) is 0. The minimum absolute atomic E-state index is 0.113. The Balaban J connectivity index is 1.35. The van der Waals surface area contributed by atoms with Gasteiger partial charge >= 0.3 is 6.18 Å². The number of carbonyl (C=O) groups excluding carboxylic acids is 1. The van der Waals surface area contributed by atoms with Gasteiger partial charge in [0.25, 0.3) is 0 Å². The lowest BCUT2D eigenvalue weighted by Crippen LogP contribution is -2.51. The molecule has 1 aromatic carbocycles. The number of alkyl halides is 4. The number of aromatic nitrogens is 3. The van der Waals surface area contributed by atoms with E-state index in [1.165, 1.54) is 0 Å². The van der Waals surface area contributed by atoms with Crippen LogP contribution in [0.4, 0.5) is 23.4 Å². The highest BCUT2D eigenvalue weighted by Crippen LogP contribution is 2.32. The summed E-state index contributed by atoms with van der Waals surface area (Å²) in [4.78, 5) is 28.9. The van der Waals surface area contributed by atoms with Crippen molar-refractivity contribution in [3.05, 3.63) is 59.7 Å². The molecule has 3 aromatic rings. The molecule has 2 aliphatic rings. The number of aliphatic hydroxyl groups excluding tert-OH is 1. The molecule has 1 unspecified atom stereocenters. The SMILES string of the molecule is O=C(CCC(c1cnc(C(F)(F)F)nc1)N1CCC(F)CC1)c1cccc2nc(N3CC(O)C3)ccc12. The fourth-order valence-electron chi connectivity index (χ4n) is 5.00. The lowest BCUT2D eigenvalue weighted by atomic mass is 9.95. The normalized spacial score (nSPS) is 18.7. The zero-order valence-corrected chi connectivity index (χ0v) is 20.0. The van der Waals surface area contributed by atoms with Gasteiger partial charge in [-0.1, -0.05) is 12.1 Å². The lowest BCUT2D eigenvalue weighted by Gasteiger charge is -2.36. The molecule has 196 valence electrons. The average molecular weight is 518 g/mol. The Hall–Kier alpha value is -3.18. The summed E-state index contributed by atoms with van der Waals surface area (Å²) >= 11 is 0. The van der Waals surface area contributed by atoms with Gasteiger partial charge in [0.2, 0.25) is 5.82 Å². The first-order chi connectivity index (χ1) is 17.7. The summed E-state index contributed by atoms with van der Waals surface area (Å²) in [5, 5.41) is 10.3. The Morgan fingerprint density at radius 1 is 1.08 bits per heavy atom. The van der Waals surface area contributed by atoms with E-state index in [9.17, 15) is 27.5 Å². The highest BCUT2D eigenvalue weighted by atomic mass is 19.4. The molecule has 4 heterocycles. The van der Waals surface area contributed by atoms with Crippen LogP contribution in [0.25, 0.3) is 10.9 Å². The van der Waals surface area contributed by atoms with Crippen molar-refractivity contribution in [2.45, 2.75) is 50.2 Å². The number of aliphatic hydroxyl groups is 1. The number of β-amino-alcohol motifs (C(OH)–C–C–N with tert-alkyl or cyclic N) is 1. The first-order valence-electron chi connectivity index (χ1n) is 12.3. The van der Waals surface area contributed by atoms with Crippen molar-refractivity contribution in [2.75, 3.05) is 31.1 Å². The fourth-order valence-corrected chi connectivity index (χ4v) is 5.00. The Bertz CT molecular complexity index is 1260. The number of carbonyl (C=O) groups is 1. The van der Waals surface area contributed by atoms with Crippen LogP contribution in [0.15, 0.2) is 42.7 Å². The highest BCUT2D eigenvalue weighted by Gasteiger charge is 2.35. The number of Topliss-reactive ketones (excluding diaryl/α,β-unsaturated/α-hetero) is 1. The number of pyridine rings is 1. The second-order valence-electron chi connectivity index (χ2n) is 9.63. The summed E-state index contributed by atoms with van der Waals surface area (Å²) in [6.07, 6.45) is -2.47. The van der Waals surface area contributed by atoms with Crippen LogP contribution >= 0.6 is 0 Å². The van der Waals surface area contributed by atoms with E-state index in [1.54, 1.807) is 12.1 Å². The van der Waals surface area contributed by atoms with Crippen molar-refractivity contribution >= 4 is 22.5 Å². The van der Waals surface area contributed by atoms with Crippen LogP contribution in [0, 0.1) is 0 Å². The van der Waals surface area contributed by atoms with Gasteiger partial charge in [-0.15, -0.1) is 0 Å². The predicted octanol–water partition coefficient (Wildman–Crippen LogP) is 4.36. The molecule has 11 heteroatoms. The number of piperidine rings is 1. The number of halogens is 4. The summed E-state index contributed by atoms with van der Waals surface area (Å²) in [6, 6.07) is 8.61. The molecular weight excluding hydrogens is 490 g/mol. The molecule has 0 saturated carbocycles. The van der Waals surface area contributed by atoms with E-state index < -0.39 is 24.2 Å². The van der Waals surface area contributed by atoms with Crippen LogP contribution in [0.3, 0.4) is 0 Å². The molecule has 37 heavy (non-hydrogen) atoms. The number of anilines is 1. The summed E-state index contributed by atoms with van der Waals surface area (Å²) in [6.45, 7) is 1.91. The molecule has 2 aromatic heterocycles. The van der Waals surface area contributed by atoms with E-state index in [0.29, 0.717) is 67.5 Å². The van der Waals surface area contributed by atoms with E-state index >= 15 is 0 Å². The van der Waals surface area contributed by atoms with Gasteiger partial charge in [-0.25, -0.2) is 19.3 Å². The van der Waals surface area contributed by atoms with Crippen molar-refractivity contribution in [3.8, 4) is 0 Å². The van der Waals surface area contributed by atoms with Crippen LogP contribution < -0.4 is 4.90 Å². The van der Waals surface area contributed by atoms with Gasteiger partial charge in [-0.2, -0.15) is 13.2 Å². The van der Waals surface area contributed by atoms with Gasteiger partial charge in [0.05, 0.1) is 11.6 Å². The van der Waals surface area contributed by atoms with Crippen molar-refractivity contribution in [2.24, 2.45) is 0 Å². The first kappa shape index (κ1) is 25.5. The number of likely N-dealkylation sites (tertiary alicyclic amines) is 1. The van der Waals surface area contributed by atoms with E-state index in [0.717, 1.165) is 18.2 Å². The number of benzene rings is 1. The van der Waals surface area contributed by atoms with Gasteiger partial charge < -0.3 is 10.0 Å². The van der Waals surface area contributed by atoms with Crippen LogP contribution in [0.1, 0.15) is 53.5 Å². The second-order valence-corrected chi connectivity index (χ2v) is 9.63. The molecule has 2 aliphatic heterocycles. The Morgan fingerprint density at radius 2 is 1.78 bits per heavy atom. The minimum Gasteiger partial charge on any atom is -0.389 e. The highest BCUT2D eigenvalue weighted by molar-refractivity contribution is 6.07. The minimum atomic E-state index is -4.64. The van der Waals surface area contributed by atoms with Crippen molar-refractivity contribution in [1.82, 2.24) is 19.9 Å². The van der Waals surface area contributed by atoms with E-state index in [1.807, 2.05) is 28.0 Å². The number of fused-ring (bicyclic) bond motifs is 1. The molecule has 0 amide bonds. The van der Waals surface area contributed by atoms with Gasteiger partial charge in [0, 0.05) is 67.5 Å². The van der Waals surface area contributed by atoms with Gasteiger partial charge in [-0.05, 0) is 37.5 Å². The molecule has 1 N–H and O–H groups in total. The van der Waals surface area contributed by atoms with Gasteiger partial charge in [0.15, 0.2) is 5.78 Å². The van der Waals surface area contributed by atoms with E-state index in [-0.39, 0.29) is 18.3 Å². The molecule has 1 atom stereocenters. The summed E-state index contributed by atoms with van der Waals surface area (Å²) in [5.74, 6) is -0.595. The van der Waals surface area contributed by atoms with E-state index in [4.69, 9.17) is 0 Å². The van der Waals surface area contributed by atoms with Crippen molar-refractivity contribution in [1.29, 1.82) is 0 Å². The smallest absolute Gasteiger partial charge is 0.389 e. The zero-order valence-electron chi connectivity index (χ0n) is 20.0. The number of nitrogens with zero attached hydrogens (tertiary/aromatic N) is 5. The Labute approximate surface area is 211 Å². The van der Waals surface area contributed by atoms with Crippen molar-refractivity contribution < 1.29 is 27.5 Å². The van der Waals surface area contributed by atoms with E-state index in [2.05, 4.69) is 15.0 Å². The van der Waals surface area contributed by atoms with Gasteiger partial charge in [-0.3, -0.25) is 9.69 Å². The van der Waals surface area contributed by atoms with Crippen molar-refractivity contribution in [3.63, 3.8) is 0 Å². The first-order valence-corrected chi connectivity index (χ1v) is 12.3. The molecule has 2 saturated heterocycles. The van der Waals surface area contributed by atoms with Crippen LogP contribution in [0.5, 0.6) is 0 Å². The molecule has 7 nitrogen and oxygen atoms in total. The molecule has 0 aliphatic carbocycles. The molecule has 0 bridgehead atoms. The standard InChI is InChI=1S/C26H27F4N5O2/c27-17-8-10-34(11-9-17)22(16-12-31-25(32-13-16)26(28,29)30)5-6-23(37)20-2-1-3-21-19(20)4-7-24(33-21)35-14-18(36)15-35/h1-4,7,12-13,17-18,22,36H,5-6,8-11,14-15H2.